The maximum atomic E-state index is 13.6. The van der Waals surface area contributed by atoms with E-state index in [0.717, 1.165) is 26.4 Å². The van der Waals surface area contributed by atoms with Gasteiger partial charge in [-0.05, 0) is 60.0 Å². The molecule has 5 rings (SSSR count). The second-order valence-electron chi connectivity index (χ2n) is 8.22. The summed E-state index contributed by atoms with van der Waals surface area (Å²) in [6.07, 6.45) is 1.77. The lowest BCUT2D eigenvalue weighted by atomic mass is 10.2. The fourth-order valence-corrected chi connectivity index (χ4v) is 9.39. The van der Waals surface area contributed by atoms with Gasteiger partial charge in [-0.15, -0.1) is 0 Å². The van der Waals surface area contributed by atoms with Gasteiger partial charge in [-0.3, -0.25) is 0 Å². The maximum Gasteiger partial charge on any atom is 0.204 e. The molecular weight excluding hydrogens is 491 g/mol. The molecule has 1 aromatic heterocycles. The van der Waals surface area contributed by atoms with E-state index in [4.69, 9.17) is 4.99 Å². The Kier molecular flexibility index (Phi) is 7.90. The Morgan fingerprint density at radius 2 is 1.08 bits per heavy atom. The normalized spacial score (nSPS) is 12.3. The van der Waals surface area contributed by atoms with Gasteiger partial charge in [0.1, 0.15) is 20.9 Å². The number of nitrogens with zero attached hydrogens (tertiary/aromatic N) is 2. The van der Waals surface area contributed by atoms with E-state index in [0.29, 0.717) is 5.56 Å². The van der Waals surface area contributed by atoms with Crippen LogP contribution in [0.5, 0.6) is 0 Å². The Morgan fingerprint density at radius 3 is 1.54 bits per heavy atom. The molecular formula is C32H25N2OPS. The van der Waals surface area contributed by atoms with Gasteiger partial charge in [-0.1, -0.05) is 103 Å². The van der Waals surface area contributed by atoms with Crippen molar-refractivity contribution in [2.24, 2.45) is 4.99 Å². The third-order valence-electron chi connectivity index (χ3n) is 5.93. The van der Waals surface area contributed by atoms with Crippen LogP contribution >= 0.6 is 19.0 Å². The van der Waals surface area contributed by atoms with Crippen LogP contribution in [0, 0.1) is 0 Å². The Bertz CT molecular complexity index is 1380. The molecule has 0 bridgehead atoms. The molecule has 0 saturated carbocycles. The summed E-state index contributed by atoms with van der Waals surface area (Å²) < 4.78 is 0. The van der Waals surface area contributed by atoms with E-state index < -0.39 is 7.26 Å². The summed E-state index contributed by atoms with van der Waals surface area (Å²) in [7, 11) is -2.55. The van der Waals surface area contributed by atoms with Crippen LogP contribution in [0.1, 0.15) is 5.56 Å². The van der Waals surface area contributed by atoms with E-state index in [2.05, 4.69) is 77.8 Å². The smallest absolute Gasteiger partial charge is 0.204 e. The molecule has 0 unspecified atom stereocenters. The number of pyridine rings is 1. The molecule has 1 heterocycles. The monoisotopic (exact) mass is 516 g/mol. The van der Waals surface area contributed by atoms with Gasteiger partial charge < -0.3 is 5.11 Å². The van der Waals surface area contributed by atoms with Crippen molar-refractivity contribution < 1.29 is 5.11 Å². The summed E-state index contributed by atoms with van der Waals surface area (Å²) >= 11 is 1.49. The molecule has 0 fully saturated rings. The predicted octanol–water partition coefficient (Wildman–Crippen LogP) is 5.77. The molecule has 0 saturated heterocycles. The average molecular weight is 517 g/mol. The van der Waals surface area contributed by atoms with E-state index in [-0.39, 0.29) is 5.90 Å². The van der Waals surface area contributed by atoms with Gasteiger partial charge in [0.15, 0.2) is 7.26 Å². The third kappa shape index (κ3) is 5.41. The summed E-state index contributed by atoms with van der Waals surface area (Å²) in [5.74, 6) is -0.263. The molecule has 0 N–H and O–H groups in total. The van der Waals surface area contributed by atoms with Crippen LogP contribution in [0.15, 0.2) is 167 Å². The predicted molar refractivity (Wildman–Crippen MR) is 156 cm³/mol. The summed E-state index contributed by atoms with van der Waals surface area (Å²) in [6.45, 7) is 0. The average Bonchev–Trinajstić information content (AvgIpc) is 2.99. The molecule has 0 aliphatic rings. The van der Waals surface area contributed by atoms with Gasteiger partial charge in [0.2, 0.25) is 5.44 Å². The number of benzene rings is 4. The van der Waals surface area contributed by atoms with E-state index in [1.165, 1.54) is 11.8 Å². The molecule has 0 aliphatic heterocycles. The van der Waals surface area contributed by atoms with E-state index in [1.807, 2.05) is 72.1 Å². The highest BCUT2D eigenvalue weighted by molar-refractivity contribution is 8.04. The fraction of sp³-hybridized carbons (Fsp3) is 0. The Morgan fingerprint density at radius 1 is 0.622 bits per heavy atom. The molecule has 0 atom stereocenters. The molecule has 5 aromatic rings. The Labute approximate surface area is 222 Å². The van der Waals surface area contributed by atoms with Gasteiger partial charge in [-0.25, -0.2) is 9.98 Å². The van der Waals surface area contributed by atoms with Crippen molar-refractivity contribution in [1.29, 1.82) is 0 Å². The number of hydrogen-bond donors (Lipinski definition) is 0. The number of thioether (sulfide) groups is 1. The third-order valence-corrected chi connectivity index (χ3v) is 11.1. The first kappa shape index (κ1) is 24.7. The molecule has 4 aromatic carbocycles. The molecule has 180 valence electrons. The highest BCUT2D eigenvalue weighted by Crippen LogP contribution is 2.63. The SMILES string of the molecule is [O-]/C(=N\C(=C/Sc1ccccn1)[P+](c1ccccc1)(c1ccccc1)c1ccccc1)c1ccccc1. The second kappa shape index (κ2) is 11.8. The van der Waals surface area contributed by atoms with Crippen molar-refractivity contribution in [3.63, 3.8) is 0 Å². The molecule has 0 radical (unpaired) electrons. The van der Waals surface area contributed by atoms with Crippen molar-refractivity contribution in [1.82, 2.24) is 4.98 Å². The van der Waals surface area contributed by atoms with Crippen LogP contribution in [0.2, 0.25) is 0 Å². The summed E-state index contributed by atoms with van der Waals surface area (Å²) in [6, 6.07) is 46.3. The summed E-state index contributed by atoms with van der Waals surface area (Å²) in [4.78, 5) is 9.38. The van der Waals surface area contributed by atoms with Crippen molar-refractivity contribution in [3.8, 4) is 0 Å². The lowest BCUT2D eigenvalue weighted by Gasteiger charge is -2.28. The maximum absolute atomic E-state index is 13.6. The minimum absolute atomic E-state index is 0.263. The lowest BCUT2D eigenvalue weighted by molar-refractivity contribution is -0.212. The van der Waals surface area contributed by atoms with Crippen molar-refractivity contribution in [3.05, 3.63) is 162 Å². The topological polar surface area (TPSA) is 48.3 Å². The molecule has 0 spiro atoms. The second-order valence-corrected chi connectivity index (χ2v) is 12.5. The van der Waals surface area contributed by atoms with Crippen molar-refractivity contribution in [2.45, 2.75) is 5.03 Å². The van der Waals surface area contributed by atoms with Crippen LogP contribution in [0.3, 0.4) is 0 Å². The van der Waals surface area contributed by atoms with E-state index in [9.17, 15) is 5.11 Å². The zero-order valence-corrected chi connectivity index (χ0v) is 21.8. The Balaban J connectivity index is 1.83. The molecule has 37 heavy (non-hydrogen) atoms. The highest BCUT2D eigenvalue weighted by atomic mass is 32.2. The minimum Gasteiger partial charge on any atom is -0.858 e. The lowest BCUT2D eigenvalue weighted by Crippen LogP contribution is -2.33. The van der Waals surface area contributed by atoms with Crippen LogP contribution in [-0.4, -0.2) is 10.9 Å². The Hall–Kier alpha value is -3.98. The van der Waals surface area contributed by atoms with Crippen LogP contribution in [0.25, 0.3) is 0 Å². The minimum atomic E-state index is -2.55. The van der Waals surface area contributed by atoms with Gasteiger partial charge in [-0.2, -0.15) is 0 Å². The van der Waals surface area contributed by atoms with Gasteiger partial charge in [0.25, 0.3) is 0 Å². The van der Waals surface area contributed by atoms with E-state index in [1.54, 1.807) is 6.20 Å². The van der Waals surface area contributed by atoms with Crippen LogP contribution < -0.4 is 21.0 Å². The molecule has 0 amide bonds. The quantitative estimate of drug-likeness (QED) is 0.114. The zero-order valence-electron chi connectivity index (χ0n) is 20.1. The van der Waals surface area contributed by atoms with Gasteiger partial charge >= 0.3 is 0 Å². The number of aromatic nitrogens is 1. The standard InChI is InChI=1S/C32H25N2OPS/c35-32(26-15-5-1-6-16-26)34-30(25-37-31-23-13-14-24-33-31)36(27-17-7-2-8-18-27,28-19-9-3-10-20-28)29-21-11-4-12-22-29/h1-25H/b30-25+. The number of aliphatic imine (C=N–C) groups is 1. The first-order valence-corrected chi connectivity index (χ1v) is 14.6. The number of rotatable bonds is 8. The summed E-state index contributed by atoms with van der Waals surface area (Å²) in [5, 5.41) is 19.8. The molecule has 3 nitrogen and oxygen atoms in total. The van der Waals surface area contributed by atoms with Gasteiger partial charge in [0.05, 0.1) is 0 Å². The number of hydrogen-bond acceptors (Lipinski definition) is 4. The molecule has 0 aliphatic carbocycles. The molecule has 5 heteroatoms. The fourth-order valence-electron chi connectivity index (χ4n) is 4.26. The highest BCUT2D eigenvalue weighted by Gasteiger charge is 2.50. The first-order valence-electron chi connectivity index (χ1n) is 11.9. The van der Waals surface area contributed by atoms with Crippen LogP contribution in [0.4, 0.5) is 0 Å². The zero-order chi connectivity index (χ0) is 25.3. The summed E-state index contributed by atoms with van der Waals surface area (Å²) in [5.41, 5.74) is 1.30. The first-order chi connectivity index (χ1) is 18.3. The van der Waals surface area contributed by atoms with Crippen LogP contribution in [-0.2, 0) is 0 Å². The van der Waals surface area contributed by atoms with Crippen molar-refractivity contribution >= 4 is 40.8 Å². The van der Waals surface area contributed by atoms with Gasteiger partial charge in [0, 0.05) is 11.6 Å². The van der Waals surface area contributed by atoms with E-state index >= 15 is 0 Å². The van der Waals surface area contributed by atoms with Crippen molar-refractivity contribution in [2.75, 3.05) is 0 Å². The largest absolute Gasteiger partial charge is 0.858 e.